The highest BCUT2D eigenvalue weighted by Crippen LogP contribution is 2.34. The number of para-hydroxylation sites is 2. The van der Waals surface area contributed by atoms with Crippen LogP contribution in [-0.2, 0) is 11.8 Å². The van der Waals surface area contributed by atoms with Crippen molar-refractivity contribution < 1.29 is 14.3 Å². The third-order valence-corrected chi connectivity index (χ3v) is 6.79. The molecule has 0 aliphatic carbocycles. The second-order valence-corrected chi connectivity index (χ2v) is 8.85. The summed E-state index contributed by atoms with van der Waals surface area (Å²) >= 11 is 1.31. The van der Waals surface area contributed by atoms with E-state index in [2.05, 4.69) is 15.5 Å². The van der Waals surface area contributed by atoms with Crippen molar-refractivity contribution in [2.24, 2.45) is 7.05 Å². The van der Waals surface area contributed by atoms with Crippen LogP contribution < -0.4 is 10.1 Å². The van der Waals surface area contributed by atoms with Gasteiger partial charge in [0.2, 0.25) is 5.91 Å². The van der Waals surface area contributed by atoms with E-state index < -0.39 is 0 Å². The summed E-state index contributed by atoms with van der Waals surface area (Å²) in [7, 11) is 3.45. The number of anilines is 1. The molecular weight excluding hydrogens is 438 g/mol. The molecule has 1 N–H and O–H groups in total. The van der Waals surface area contributed by atoms with Crippen LogP contribution in [0.25, 0.3) is 0 Å². The highest BCUT2D eigenvalue weighted by Gasteiger charge is 2.34. The van der Waals surface area contributed by atoms with Crippen LogP contribution in [0, 0.1) is 6.92 Å². The molecule has 0 spiro atoms. The standard InChI is InChI=1S/C24H27N5O3S/c1-16-9-4-5-10-17(16)23(31)29-14-8-12-19(29)22-26-27-24(28(22)2)33-15-21(30)25-18-11-6-7-13-20(18)32-3/h4-7,9-11,13,19H,8,12,14-15H2,1-3H3,(H,25,30). The molecule has 2 aromatic carbocycles. The van der Waals surface area contributed by atoms with Crippen molar-refractivity contribution in [2.45, 2.75) is 31.0 Å². The summed E-state index contributed by atoms with van der Waals surface area (Å²) in [4.78, 5) is 27.6. The summed E-state index contributed by atoms with van der Waals surface area (Å²) < 4.78 is 7.16. The Morgan fingerprint density at radius 3 is 2.70 bits per heavy atom. The van der Waals surface area contributed by atoms with Gasteiger partial charge in [-0.2, -0.15) is 0 Å². The lowest BCUT2D eigenvalue weighted by atomic mass is 10.1. The third-order valence-electron chi connectivity index (χ3n) is 5.77. The van der Waals surface area contributed by atoms with E-state index in [1.54, 1.807) is 19.2 Å². The first-order valence-electron chi connectivity index (χ1n) is 10.8. The average molecular weight is 466 g/mol. The lowest BCUT2D eigenvalue weighted by Gasteiger charge is -2.24. The van der Waals surface area contributed by atoms with Gasteiger partial charge in [0.25, 0.3) is 5.91 Å². The number of hydrogen-bond donors (Lipinski definition) is 1. The van der Waals surface area contributed by atoms with Gasteiger partial charge in [0.15, 0.2) is 11.0 Å². The molecule has 1 aliphatic rings. The number of nitrogens with zero attached hydrogens (tertiary/aromatic N) is 4. The van der Waals surface area contributed by atoms with Gasteiger partial charge < -0.3 is 19.5 Å². The van der Waals surface area contributed by atoms with Crippen LogP contribution in [-0.4, -0.2) is 50.9 Å². The van der Waals surface area contributed by atoms with Crippen molar-refractivity contribution in [3.05, 3.63) is 65.5 Å². The lowest BCUT2D eigenvalue weighted by Crippen LogP contribution is -2.32. The van der Waals surface area contributed by atoms with Crippen LogP contribution in [0.2, 0.25) is 0 Å². The Morgan fingerprint density at radius 2 is 1.91 bits per heavy atom. The first-order valence-corrected chi connectivity index (χ1v) is 11.8. The molecule has 0 saturated carbocycles. The van der Waals surface area contributed by atoms with Gasteiger partial charge in [-0.25, -0.2) is 0 Å². The number of hydrogen-bond acceptors (Lipinski definition) is 6. The Bertz CT molecular complexity index is 1160. The smallest absolute Gasteiger partial charge is 0.254 e. The number of amides is 2. The first-order chi connectivity index (χ1) is 16.0. The second kappa shape index (κ2) is 10.1. The zero-order valence-corrected chi connectivity index (χ0v) is 19.8. The summed E-state index contributed by atoms with van der Waals surface area (Å²) in [5.74, 6) is 1.38. The Hall–Kier alpha value is -3.33. The van der Waals surface area contributed by atoms with Gasteiger partial charge in [-0.1, -0.05) is 42.1 Å². The molecule has 3 aromatic rings. The average Bonchev–Trinajstić information content (AvgIpc) is 3.44. The number of rotatable bonds is 7. The number of likely N-dealkylation sites (tertiary alicyclic amines) is 1. The van der Waals surface area contributed by atoms with E-state index in [9.17, 15) is 9.59 Å². The van der Waals surface area contributed by atoms with E-state index in [-0.39, 0.29) is 23.6 Å². The predicted octanol–water partition coefficient (Wildman–Crippen LogP) is 3.84. The molecule has 1 aliphatic heterocycles. The van der Waals surface area contributed by atoms with Gasteiger partial charge in [-0.3, -0.25) is 9.59 Å². The van der Waals surface area contributed by atoms with Crippen LogP contribution in [0.4, 0.5) is 5.69 Å². The van der Waals surface area contributed by atoms with Crippen molar-refractivity contribution in [3.8, 4) is 5.75 Å². The number of benzene rings is 2. The minimum Gasteiger partial charge on any atom is -0.495 e. The molecule has 33 heavy (non-hydrogen) atoms. The number of nitrogens with one attached hydrogen (secondary N) is 1. The largest absolute Gasteiger partial charge is 0.495 e. The molecule has 8 nitrogen and oxygen atoms in total. The topological polar surface area (TPSA) is 89.3 Å². The highest BCUT2D eigenvalue weighted by atomic mass is 32.2. The Balaban J connectivity index is 1.43. The molecular formula is C24H27N5O3S. The molecule has 4 rings (SSSR count). The van der Waals surface area contributed by atoms with Crippen molar-refractivity contribution in [2.75, 3.05) is 24.7 Å². The van der Waals surface area contributed by atoms with Crippen LogP contribution in [0.5, 0.6) is 5.75 Å². The number of carbonyl (C=O) groups excluding carboxylic acids is 2. The first kappa shape index (κ1) is 22.8. The second-order valence-electron chi connectivity index (χ2n) is 7.91. The van der Waals surface area contributed by atoms with E-state index in [1.165, 1.54) is 11.8 Å². The molecule has 1 aromatic heterocycles. The number of carbonyl (C=O) groups is 2. The van der Waals surface area contributed by atoms with E-state index in [4.69, 9.17) is 4.74 Å². The van der Waals surface area contributed by atoms with Gasteiger partial charge in [0, 0.05) is 19.2 Å². The Morgan fingerprint density at radius 1 is 1.15 bits per heavy atom. The number of thioether (sulfide) groups is 1. The van der Waals surface area contributed by atoms with Crippen molar-refractivity contribution in [1.82, 2.24) is 19.7 Å². The summed E-state index contributed by atoms with van der Waals surface area (Å²) in [6.07, 6.45) is 1.75. The van der Waals surface area contributed by atoms with E-state index in [0.29, 0.717) is 28.7 Å². The van der Waals surface area contributed by atoms with Crippen LogP contribution in [0.15, 0.2) is 53.7 Å². The quantitative estimate of drug-likeness (QED) is 0.534. The zero-order chi connectivity index (χ0) is 23.4. The molecule has 1 saturated heterocycles. The fraction of sp³-hybridized carbons (Fsp3) is 0.333. The van der Waals surface area contributed by atoms with Crippen LogP contribution in [0.3, 0.4) is 0 Å². The number of aromatic nitrogens is 3. The molecule has 1 atom stereocenters. The van der Waals surface area contributed by atoms with E-state index in [0.717, 1.165) is 24.2 Å². The predicted molar refractivity (Wildman–Crippen MR) is 128 cm³/mol. The molecule has 172 valence electrons. The minimum atomic E-state index is -0.161. The number of ether oxygens (including phenoxy) is 1. The molecule has 0 bridgehead atoms. The maximum absolute atomic E-state index is 13.2. The molecule has 2 heterocycles. The van der Waals surface area contributed by atoms with Gasteiger partial charge >= 0.3 is 0 Å². The van der Waals surface area contributed by atoms with Crippen molar-refractivity contribution >= 4 is 29.3 Å². The van der Waals surface area contributed by atoms with Gasteiger partial charge in [-0.15, -0.1) is 10.2 Å². The lowest BCUT2D eigenvalue weighted by molar-refractivity contribution is -0.113. The van der Waals surface area contributed by atoms with Crippen LogP contribution >= 0.6 is 11.8 Å². The summed E-state index contributed by atoms with van der Waals surface area (Å²) in [6.45, 7) is 2.64. The third kappa shape index (κ3) is 4.88. The summed E-state index contributed by atoms with van der Waals surface area (Å²) in [5.41, 5.74) is 2.30. The molecule has 2 amide bonds. The van der Waals surface area contributed by atoms with E-state index in [1.807, 2.05) is 59.8 Å². The highest BCUT2D eigenvalue weighted by molar-refractivity contribution is 7.99. The zero-order valence-electron chi connectivity index (χ0n) is 18.9. The van der Waals surface area contributed by atoms with E-state index >= 15 is 0 Å². The molecule has 1 fully saturated rings. The Kier molecular flexibility index (Phi) is 6.98. The number of methoxy groups -OCH3 is 1. The Labute approximate surface area is 197 Å². The van der Waals surface area contributed by atoms with Crippen LogP contribution in [0.1, 0.15) is 40.6 Å². The summed E-state index contributed by atoms with van der Waals surface area (Å²) in [6, 6.07) is 14.8. The van der Waals surface area contributed by atoms with Gasteiger partial charge in [0.05, 0.1) is 24.6 Å². The van der Waals surface area contributed by atoms with Crippen molar-refractivity contribution in [3.63, 3.8) is 0 Å². The van der Waals surface area contributed by atoms with Gasteiger partial charge in [-0.05, 0) is 43.5 Å². The minimum absolute atomic E-state index is 0.0176. The maximum atomic E-state index is 13.2. The maximum Gasteiger partial charge on any atom is 0.254 e. The molecule has 0 radical (unpaired) electrons. The van der Waals surface area contributed by atoms with Crippen molar-refractivity contribution in [1.29, 1.82) is 0 Å². The fourth-order valence-corrected chi connectivity index (χ4v) is 4.77. The summed E-state index contributed by atoms with van der Waals surface area (Å²) in [5, 5.41) is 12.2. The fourth-order valence-electron chi connectivity index (χ4n) is 4.05. The SMILES string of the molecule is COc1ccccc1NC(=O)CSc1nnc(C2CCCN2C(=O)c2ccccc2C)n1C. The monoisotopic (exact) mass is 465 g/mol. The van der Waals surface area contributed by atoms with Gasteiger partial charge in [0.1, 0.15) is 5.75 Å². The number of aryl methyl sites for hydroxylation is 1. The molecule has 9 heteroatoms. The normalized spacial score (nSPS) is 15.5. The molecule has 1 unspecified atom stereocenters.